The molecule has 2 heterocycles. The fraction of sp³-hybridized carbons (Fsp3) is 0.312. The van der Waals surface area contributed by atoms with E-state index in [1.54, 1.807) is 23.5 Å². The number of nitrogen functional groups attached to an aromatic ring is 1. The highest BCUT2D eigenvalue weighted by Gasteiger charge is 2.16. The second-order valence-electron chi connectivity index (χ2n) is 5.22. The number of thiazole rings is 1. The van der Waals surface area contributed by atoms with Crippen LogP contribution in [-0.4, -0.2) is 34.6 Å². The second kappa shape index (κ2) is 6.28. The molecular weight excluding hydrogens is 282 g/mol. The maximum absolute atomic E-state index is 9.26. The van der Waals surface area contributed by atoms with Crippen LogP contribution in [-0.2, 0) is 12.8 Å². The Morgan fingerprint density at radius 1 is 1.24 bits per heavy atom. The summed E-state index contributed by atoms with van der Waals surface area (Å²) in [7, 11) is 0. The molecule has 3 rings (SSSR count). The molecule has 0 fully saturated rings. The monoisotopic (exact) mass is 301 g/mol. The summed E-state index contributed by atoms with van der Waals surface area (Å²) in [5.74, 6) is 0.303. The minimum atomic E-state index is 0.303. The Morgan fingerprint density at radius 3 is 2.81 bits per heavy atom. The van der Waals surface area contributed by atoms with Gasteiger partial charge in [0.25, 0.3) is 0 Å². The molecule has 0 unspecified atom stereocenters. The molecule has 0 amide bonds. The molecule has 5 heteroatoms. The van der Waals surface area contributed by atoms with Crippen molar-refractivity contribution in [2.45, 2.75) is 12.8 Å². The van der Waals surface area contributed by atoms with Gasteiger partial charge in [0.05, 0.1) is 5.69 Å². The number of hydrogen-bond acceptors (Lipinski definition) is 5. The average molecular weight is 301 g/mol. The molecule has 4 nitrogen and oxygen atoms in total. The Hall–Kier alpha value is -1.85. The van der Waals surface area contributed by atoms with Crippen molar-refractivity contribution in [3.63, 3.8) is 0 Å². The standard InChI is InChI=1S/C16H19N3OS/c17-16-18-14-7-10-19(11-8-15(14)21-16)9-1-2-12-3-5-13(20)6-4-12/h1-6,20H,7-11H2,(H2,17,18)/b2-1+. The summed E-state index contributed by atoms with van der Waals surface area (Å²) < 4.78 is 0. The normalized spacial score (nSPS) is 16.0. The van der Waals surface area contributed by atoms with Crippen LogP contribution in [0.3, 0.4) is 0 Å². The Labute approximate surface area is 128 Å². The average Bonchev–Trinajstić information content (AvgIpc) is 2.73. The van der Waals surface area contributed by atoms with Crippen LogP contribution in [0.5, 0.6) is 5.75 Å². The van der Waals surface area contributed by atoms with Crippen LogP contribution >= 0.6 is 11.3 Å². The molecule has 0 saturated heterocycles. The van der Waals surface area contributed by atoms with E-state index in [9.17, 15) is 5.11 Å². The SMILES string of the molecule is Nc1nc2c(s1)CCN(C/C=C/c1ccc(O)cc1)CC2. The van der Waals surface area contributed by atoms with E-state index < -0.39 is 0 Å². The van der Waals surface area contributed by atoms with Crippen molar-refractivity contribution in [1.82, 2.24) is 9.88 Å². The lowest BCUT2D eigenvalue weighted by atomic mass is 10.2. The third-order valence-corrected chi connectivity index (χ3v) is 4.67. The number of fused-ring (bicyclic) bond motifs is 1. The smallest absolute Gasteiger partial charge is 0.180 e. The third kappa shape index (κ3) is 3.62. The van der Waals surface area contributed by atoms with Crippen LogP contribution in [0.2, 0.25) is 0 Å². The number of anilines is 1. The largest absolute Gasteiger partial charge is 0.508 e. The second-order valence-corrected chi connectivity index (χ2v) is 6.33. The Kier molecular flexibility index (Phi) is 4.22. The van der Waals surface area contributed by atoms with E-state index in [1.165, 1.54) is 10.6 Å². The van der Waals surface area contributed by atoms with Crippen LogP contribution in [0.15, 0.2) is 30.3 Å². The van der Waals surface area contributed by atoms with Gasteiger partial charge in [-0.2, -0.15) is 0 Å². The number of aromatic hydroxyl groups is 1. The van der Waals surface area contributed by atoms with Crippen molar-refractivity contribution in [3.8, 4) is 5.75 Å². The van der Waals surface area contributed by atoms with Gasteiger partial charge in [0.15, 0.2) is 5.13 Å². The first-order chi connectivity index (χ1) is 10.2. The molecule has 0 spiro atoms. The molecule has 0 bridgehead atoms. The van der Waals surface area contributed by atoms with Gasteiger partial charge in [-0.3, -0.25) is 4.90 Å². The number of phenols is 1. The lowest BCUT2D eigenvalue weighted by Gasteiger charge is -2.17. The maximum atomic E-state index is 9.26. The zero-order valence-electron chi connectivity index (χ0n) is 11.8. The van der Waals surface area contributed by atoms with E-state index in [-0.39, 0.29) is 0 Å². The highest BCUT2D eigenvalue weighted by atomic mass is 32.1. The van der Waals surface area contributed by atoms with E-state index >= 15 is 0 Å². The quantitative estimate of drug-likeness (QED) is 0.914. The first kappa shape index (κ1) is 14.1. The van der Waals surface area contributed by atoms with Gasteiger partial charge in [0.2, 0.25) is 0 Å². The Balaban J connectivity index is 1.55. The van der Waals surface area contributed by atoms with Gasteiger partial charge < -0.3 is 10.8 Å². The van der Waals surface area contributed by atoms with Gasteiger partial charge in [-0.1, -0.05) is 24.3 Å². The number of benzene rings is 1. The molecule has 110 valence electrons. The molecule has 1 aromatic carbocycles. The van der Waals surface area contributed by atoms with Crippen molar-refractivity contribution < 1.29 is 5.11 Å². The lowest BCUT2D eigenvalue weighted by molar-refractivity contribution is 0.318. The predicted octanol–water partition coefficient (Wildman–Crippen LogP) is 2.54. The summed E-state index contributed by atoms with van der Waals surface area (Å²) in [5, 5.41) is 9.95. The first-order valence-electron chi connectivity index (χ1n) is 7.13. The topological polar surface area (TPSA) is 62.4 Å². The van der Waals surface area contributed by atoms with Crippen molar-refractivity contribution in [2.24, 2.45) is 0 Å². The number of hydrogen-bond donors (Lipinski definition) is 2. The number of rotatable bonds is 3. The van der Waals surface area contributed by atoms with Gasteiger partial charge in [-0.05, 0) is 24.1 Å². The number of phenolic OH excluding ortho intramolecular Hbond substituents is 1. The van der Waals surface area contributed by atoms with Gasteiger partial charge in [0.1, 0.15) is 5.75 Å². The molecule has 21 heavy (non-hydrogen) atoms. The summed E-state index contributed by atoms with van der Waals surface area (Å²) in [5.41, 5.74) is 8.05. The Bertz CT molecular complexity index is 608. The molecule has 1 aliphatic rings. The van der Waals surface area contributed by atoms with Crippen molar-refractivity contribution in [1.29, 1.82) is 0 Å². The molecule has 2 aromatic rings. The van der Waals surface area contributed by atoms with Crippen LogP contribution in [0.1, 0.15) is 16.1 Å². The first-order valence-corrected chi connectivity index (χ1v) is 7.94. The predicted molar refractivity (Wildman–Crippen MR) is 87.5 cm³/mol. The summed E-state index contributed by atoms with van der Waals surface area (Å²) in [4.78, 5) is 8.19. The van der Waals surface area contributed by atoms with Gasteiger partial charge in [0, 0.05) is 30.9 Å². The summed E-state index contributed by atoms with van der Waals surface area (Å²) in [6.45, 7) is 3.01. The van der Waals surface area contributed by atoms with Crippen LogP contribution in [0.4, 0.5) is 5.13 Å². The summed E-state index contributed by atoms with van der Waals surface area (Å²) in [6, 6.07) is 7.25. The van der Waals surface area contributed by atoms with E-state index in [1.807, 2.05) is 12.1 Å². The summed E-state index contributed by atoms with van der Waals surface area (Å²) in [6.07, 6.45) is 6.29. The molecule has 0 atom stereocenters. The van der Waals surface area contributed by atoms with Gasteiger partial charge >= 0.3 is 0 Å². The minimum Gasteiger partial charge on any atom is -0.508 e. The van der Waals surface area contributed by atoms with Crippen molar-refractivity contribution >= 4 is 22.5 Å². The fourth-order valence-corrected chi connectivity index (χ4v) is 3.40. The molecule has 0 radical (unpaired) electrons. The molecule has 0 aliphatic carbocycles. The number of nitrogens with two attached hydrogens (primary N) is 1. The van der Waals surface area contributed by atoms with Gasteiger partial charge in [-0.15, -0.1) is 11.3 Å². The zero-order valence-corrected chi connectivity index (χ0v) is 12.6. The lowest BCUT2D eigenvalue weighted by Crippen LogP contribution is -2.26. The molecule has 1 aromatic heterocycles. The van der Waals surface area contributed by atoms with Crippen LogP contribution < -0.4 is 5.73 Å². The highest BCUT2D eigenvalue weighted by molar-refractivity contribution is 7.15. The third-order valence-electron chi connectivity index (χ3n) is 3.68. The van der Waals surface area contributed by atoms with E-state index in [2.05, 4.69) is 22.0 Å². The number of aromatic nitrogens is 1. The van der Waals surface area contributed by atoms with Gasteiger partial charge in [-0.25, -0.2) is 4.98 Å². The highest BCUT2D eigenvalue weighted by Crippen LogP contribution is 2.24. The maximum Gasteiger partial charge on any atom is 0.180 e. The van der Waals surface area contributed by atoms with Crippen molar-refractivity contribution in [3.05, 3.63) is 46.5 Å². The zero-order chi connectivity index (χ0) is 14.7. The molecule has 3 N–H and O–H groups in total. The Morgan fingerprint density at radius 2 is 2.00 bits per heavy atom. The molecule has 0 saturated carbocycles. The summed E-state index contributed by atoms with van der Waals surface area (Å²) >= 11 is 1.63. The van der Waals surface area contributed by atoms with E-state index in [0.717, 1.165) is 38.0 Å². The molecular formula is C16H19N3OS. The van der Waals surface area contributed by atoms with Crippen LogP contribution in [0, 0.1) is 0 Å². The molecule has 1 aliphatic heterocycles. The number of nitrogens with zero attached hydrogens (tertiary/aromatic N) is 2. The minimum absolute atomic E-state index is 0.303. The fourth-order valence-electron chi connectivity index (χ4n) is 2.54. The van der Waals surface area contributed by atoms with Crippen LogP contribution in [0.25, 0.3) is 6.08 Å². The van der Waals surface area contributed by atoms with E-state index in [0.29, 0.717) is 10.9 Å². The van der Waals surface area contributed by atoms with Crippen molar-refractivity contribution in [2.75, 3.05) is 25.4 Å². The van der Waals surface area contributed by atoms with E-state index in [4.69, 9.17) is 5.73 Å².